The van der Waals surface area contributed by atoms with E-state index in [1.165, 1.54) is 4.31 Å². The molecule has 0 amide bonds. The third-order valence-corrected chi connectivity index (χ3v) is 5.81. The van der Waals surface area contributed by atoms with Crippen LogP contribution in [0.25, 0.3) is 0 Å². The summed E-state index contributed by atoms with van der Waals surface area (Å²) >= 11 is 0. The number of para-hydroxylation sites is 1. The molecule has 21 heavy (non-hydrogen) atoms. The second-order valence-electron chi connectivity index (χ2n) is 5.57. The first-order chi connectivity index (χ1) is 9.96. The molecule has 118 valence electrons. The fourth-order valence-electron chi connectivity index (χ4n) is 2.75. The molecular weight excluding hydrogens is 286 g/mol. The largest absolute Gasteiger partial charge is 0.370 e. The minimum Gasteiger partial charge on any atom is -0.370 e. The first kappa shape index (κ1) is 16.3. The zero-order valence-corrected chi connectivity index (χ0v) is 13.9. The Bertz CT molecular complexity index is 564. The number of nitrogens with zero attached hydrogens (tertiary/aromatic N) is 2. The van der Waals surface area contributed by atoms with Gasteiger partial charge in [0.2, 0.25) is 10.0 Å². The minimum atomic E-state index is -3.40. The minimum absolute atomic E-state index is 0.400. The van der Waals surface area contributed by atoms with E-state index in [2.05, 4.69) is 17.1 Å². The molecule has 1 fully saturated rings. The molecule has 1 aromatic rings. The smallest absolute Gasteiger partial charge is 0.244 e. The maximum atomic E-state index is 12.4. The van der Waals surface area contributed by atoms with Crippen LogP contribution >= 0.6 is 0 Å². The van der Waals surface area contributed by atoms with Crippen LogP contribution in [-0.4, -0.2) is 52.5 Å². The highest BCUT2D eigenvalue weighted by molar-refractivity contribution is 7.89. The average Bonchev–Trinajstić information content (AvgIpc) is 2.48. The molecule has 1 saturated heterocycles. The maximum Gasteiger partial charge on any atom is 0.244 e. The van der Waals surface area contributed by atoms with Gasteiger partial charge in [-0.2, -0.15) is 0 Å². The van der Waals surface area contributed by atoms with Crippen LogP contribution in [0.2, 0.25) is 0 Å². The summed E-state index contributed by atoms with van der Waals surface area (Å²) in [5, 5.41) is 3.47. The number of hydrogen-bond acceptors (Lipinski definition) is 4. The van der Waals surface area contributed by atoms with Gasteiger partial charge in [-0.05, 0) is 31.5 Å². The Balaban J connectivity index is 2.23. The van der Waals surface area contributed by atoms with Crippen molar-refractivity contribution < 1.29 is 8.42 Å². The Kier molecular flexibility index (Phi) is 5.24. The van der Waals surface area contributed by atoms with E-state index in [-0.39, 0.29) is 0 Å². The lowest BCUT2D eigenvalue weighted by atomic mass is 10.0. The van der Waals surface area contributed by atoms with E-state index < -0.39 is 10.0 Å². The highest BCUT2D eigenvalue weighted by Crippen LogP contribution is 2.29. The lowest BCUT2D eigenvalue weighted by molar-refractivity contribution is 0.422. The van der Waals surface area contributed by atoms with Gasteiger partial charge in [0.05, 0.1) is 5.69 Å². The summed E-state index contributed by atoms with van der Waals surface area (Å²) < 4.78 is 26.2. The van der Waals surface area contributed by atoms with Crippen molar-refractivity contribution in [3.63, 3.8) is 0 Å². The number of piperidine rings is 1. The Labute approximate surface area is 128 Å². The van der Waals surface area contributed by atoms with Gasteiger partial charge in [0.1, 0.15) is 4.90 Å². The lowest BCUT2D eigenvalue weighted by Gasteiger charge is -2.35. The number of anilines is 1. The summed E-state index contributed by atoms with van der Waals surface area (Å²) in [6, 6.07) is 7.83. The molecular formula is C15H25N3O2S. The number of rotatable bonds is 5. The first-order valence-corrected chi connectivity index (χ1v) is 8.90. The van der Waals surface area contributed by atoms with E-state index >= 15 is 0 Å². The van der Waals surface area contributed by atoms with Crippen LogP contribution in [0.15, 0.2) is 29.2 Å². The Hall–Kier alpha value is -1.11. The van der Waals surface area contributed by atoms with E-state index in [1.54, 1.807) is 26.2 Å². The summed E-state index contributed by atoms with van der Waals surface area (Å²) in [6.45, 7) is 4.87. The SMILES string of the molecule is CCNC1CCN(c2ccccc2S(=O)(=O)N(C)C)CC1. The summed E-state index contributed by atoms with van der Waals surface area (Å²) in [4.78, 5) is 2.58. The summed E-state index contributed by atoms with van der Waals surface area (Å²) in [5.41, 5.74) is 0.821. The molecule has 0 aliphatic carbocycles. The van der Waals surface area contributed by atoms with E-state index in [0.717, 1.165) is 38.2 Å². The fourth-order valence-corrected chi connectivity index (χ4v) is 3.85. The van der Waals surface area contributed by atoms with Gasteiger partial charge in [-0.15, -0.1) is 0 Å². The predicted octanol–water partition coefficient (Wildman–Crippen LogP) is 1.52. The zero-order valence-electron chi connectivity index (χ0n) is 13.0. The van der Waals surface area contributed by atoms with Gasteiger partial charge in [-0.25, -0.2) is 12.7 Å². The van der Waals surface area contributed by atoms with Crippen LogP contribution in [-0.2, 0) is 10.0 Å². The molecule has 5 nitrogen and oxygen atoms in total. The second kappa shape index (κ2) is 6.77. The number of sulfonamides is 1. The third kappa shape index (κ3) is 3.56. The van der Waals surface area contributed by atoms with Crippen molar-refractivity contribution in [1.29, 1.82) is 0 Å². The van der Waals surface area contributed by atoms with Crippen LogP contribution in [0.4, 0.5) is 5.69 Å². The Morgan fingerprint density at radius 1 is 1.24 bits per heavy atom. The van der Waals surface area contributed by atoms with Crippen LogP contribution in [0.3, 0.4) is 0 Å². The molecule has 0 atom stereocenters. The van der Waals surface area contributed by atoms with Gasteiger partial charge < -0.3 is 10.2 Å². The first-order valence-electron chi connectivity index (χ1n) is 7.46. The number of hydrogen-bond donors (Lipinski definition) is 1. The van der Waals surface area contributed by atoms with Gasteiger partial charge in [-0.1, -0.05) is 19.1 Å². The van der Waals surface area contributed by atoms with Gasteiger partial charge in [0.25, 0.3) is 0 Å². The van der Waals surface area contributed by atoms with Gasteiger partial charge in [-0.3, -0.25) is 0 Å². The molecule has 2 rings (SSSR count). The maximum absolute atomic E-state index is 12.4. The normalized spacial score (nSPS) is 17.4. The molecule has 1 aliphatic rings. The molecule has 0 bridgehead atoms. The predicted molar refractivity (Wildman–Crippen MR) is 86.2 cm³/mol. The molecule has 6 heteroatoms. The molecule has 0 unspecified atom stereocenters. The standard InChI is InChI=1S/C15H25N3O2S/c1-4-16-13-9-11-18(12-10-13)14-7-5-6-8-15(14)21(19,20)17(2)3/h5-8,13,16H,4,9-12H2,1-3H3. The van der Waals surface area contributed by atoms with Crippen molar-refractivity contribution in [1.82, 2.24) is 9.62 Å². The van der Waals surface area contributed by atoms with Gasteiger partial charge in [0, 0.05) is 33.2 Å². The van der Waals surface area contributed by atoms with Crippen molar-refractivity contribution in [3.05, 3.63) is 24.3 Å². The van der Waals surface area contributed by atoms with Crippen molar-refractivity contribution in [2.24, 2.45) is 0 Å². The van der Waals surface area contributed by atoms with E-state index in [0.29, 0.717) is 10.9 Å². The number of benzene rings is 1. The summed E-state index contributed by atoms with van der Waals surface area (Å²) in [6.07, 6.45) is 2.09. The highest BCUT2D eigenvalue weighted by Gasteiger charge is 2.26. The molecule has 0 aromatic heterocycles. The van der Waals surface area contributed by atoms with Crippen molar-refractivity contribution in [2.75, 3.05) is 38.6 Å². The second-order valence-corrected chi connectivity index (χ2v) is 7.69. The molecule has 0 saturated carbocycles. The fraction of sp³-hybridized carbons (Fsp3) is 0.600. The quantitative estimate of drug-likeness (QED) is 0.896. The van der Waals surface area contributed by atoms with Crippen LogP contribution < -0.4 is 10.2 Å². The molecule has 1 aliphatic heterocycles. The summed E-state index contributed by atoms with van der Waals surface area (Å²) in [7, 11) is -0.259. The average molecular weight is 311 g/mol. The third-order valence-electron chi connectivity index (χ3n) is 3.95. The molecule has 1 aromatic carbocycles. The van der Waals surface area contributed by atoms with Crippen LogP contribution in [0, 0.1) is 0 Å². The van der Waals surface area contributed by atoms with Crippen molar-refractivity contribution >= 4 is 15.7 Å². The molecule has 1 N–H and O–H groups in total. The van der Waals surface area contributed by atoms with Crippen molar-refractivity contribution in [3.8, 4) is 0 Å². The van der Waals surface area contributed by atoms with E-state index in [9.17, 15) is 8.42 Å². The molecule has 1 heterocycles. The van der Waals surface area contributed by atoms with Gasteiger partial charge in [0.15, 0.2) is 0 Å². The lowest BCUT2D eigenvalue weighted by Crippen LogP contribution is -2.43. The van der Waals surface area contributed by atoms with Gasteiger partial charge >= 0.3 is 0 Å². The van der Waals surface area contributed by atoms with Crippen LogP contribution in [0.5, 0.6) is 0 Å². The topological polar surface area (TPSA) is 52.7 Å². The molecule has 0 radical (unpaired) electrons. The Morgan fingerprint density at radius 3 is 2.43 bits per heavy atom. The molecule has 0 spiro atoms. The highest BCUT2D eigenvalue weighted by atomic mass is 32.2. The van der Waals surface area contributed by atoms with Crippen LogP contribution in [0.1, 0.15) is 19.8 Å². The zero-order chi connectivity index (χ0) is 15.5. The Morgan fingerprint density at radius 2 is 1.86 bits per heavy atom. The van der Waals surface area contributed by atoms with E-state index in [1.807, 2.05) is 12.1 Å². The number of nitrogens with one attached hydrogen (secondary N) is 1. The monoisotopic (exact) mass is 311 g/mol. The summed E-state index contributed by atoms with van der Waals surface area (Å²) in [5.74, 6) is 0. The van der Waals surface area contributed by atoms with E-state index in [4.69, 9.17) is 0 Å². The van der Waals surface area contributed by atoms with Crippen molar-refractivity contribution in [2.45, 2.75) is 30.7 Å².